The van der Waals surface area contributed by atoms with E-state index in [-0.39, 0.29) is 0 Å². The summed E-state index contributed by atoms with van der Waals surface area (Å²) in [5, 5.41) is 4.44. The summed E-state index contributed by atoms with van der Waals surface area (Å²) in [7, 11) is 0. The predicted molar refractivity (Wildman–Crippen MR) is 76.7 cm³/mol. The van der Waals surface area contributed by atoms with E-state index in [2.05, 4.69) is 12.2 Å². The van der Waals surface area contributed by atoms with Crippen molar-refractivity contribution in [1.82, 2.24) is 5.32 Å². The predicted octanol–water partition coefficient (Wildman–Crippen LogP) is 4.01. The molecule has 2 nitrogen and oxygen atoms in total. The molecule has 1 saturated heterocycles. The second-order valence-electron chi connectivity index (χ2n) is 5.06. The number of nitrogens with one attached hydrogen (secondary N) is 1. The molecule has 1 heterocycles. The second-order valence-corrected chi connectivity index (χ2v) is 5.85. The Bertz CT molecular complexity index is 391. The van der Waals surface area contributed by atoms with Crippen LogP contribution in [0, 0.1) is 11.8 Å². The molecule has 2 atom stereocenters. The minimum atomic E-state index is 0.508. The topological polar surface area (TPSA) is 21.3 Å². The smallest absolute Gasteiger partial charge is 0.139 e. The zero-order valence-electron chi connectivity index (χ0n) is 10.6. The first-order valence-electron chi connectivity index (χ1n) is 6.44. The van der Waals surface area contributed by atoms with Crippen molar-refractivity contribution in [3.8, 4) is 5.75 Å². The Morgan fingerprint density at radius 1 is 1.44 bits per heavy atom. The Balaban J connectivity index is 1.81. The first kappa shape index (κ1) is 14.0. The van der Waals surface area contributed by atoms with Gasteiger partial charge in [0.1, 0.15) is 10.8 Å². The third kappa shape index (κ3) is 3.78. The van der Waals surface area contributed by atoms with Gasteiger partial charge in [-0.3, -0.25) is 0 Å². The average Bonchev–Trinajstić information content (AvgIpc) is 2.84. The summed E-state index contributed by atoms with van der Waals surface area (Å²) in [4.78, 5) is 0. The second kappa shape index (κ2) is 6.65. The lowest BCUT2D eigenvalue weighted by atomic mass is 9.96. The molecule has 0 radical (unpaired) electrons. The SMILES string of the molecule is CC(COc1cccc(Cl)c1Cl)CC1CCNC1. The number of rotatable bonds is 5. The maximum atomic E-state index is 6.08. The van der Waals surface area contributed by atoms with Gasteiger partial charge in [0.15, 0.2) is 0 Å². The highest BCUT2D eigenvalue weighted by molar-refractivity contribution is 6.42. The van der Waals surface area contributed by atoms with Crippen molar-refractivity contribution in [2.75, 3.05) is 19.7 Å². The maximum Gasteiger partial charge on any atom is 0.139 e. The molecule has 18 heavy (non-hydrogen) atoms. The molecular formula is C14H19Cl2NO. The molecule has 0 bridgehead atoms. The Kier molecular flexibility index (Phi) is 5.16. The molecule has 1 aromatic carbocycles. The van der Waals surface area contributed by atoms with E-state index in [0.717, 1.165) is 19.0 Å². The van der Waals surface area contributed by atoms with Crippen molar-refractivity contribution in [2.45, 2.75) is 19.8 Å². The fraction of sp³-hybridized carbons (Fsp3) is 0.571. The van der Waals surface area contributed by atoms with Crippen molar-refractivity contribution >= 4 is 23.2 Å². The van der Waals surface area contributed by atoms with Crippen LogP contribution in [0.25, 0.3) is 0 Å². The van der Waals surface area contributed by atoms with E-state index in [4.69, 9.17) is 27.9 Å². The molecule has 2 rings (SSSR count). The highest BCUT2D eigenvalue weighted by Crippen LogP contribution is 2.32. The van der Waals surface area contributed by atoms with Gasteiger partial charge in [-0.15, -0.1) is 0 Å². The van der Waals surface area contributed by atoms with Crippen molar-refractivity contribution < 1.29 is 4.74 Å². The van der Waals surface area contributed by atoms with Crippen LogP contribution < -0.4 is 10.1 Å². The fourth-order valence-electron chi connectivity index (χ4n) is 2.38. The van der Waals surface area contributed by atoms with Gasteiger partial charge in [0, 0.05) is 0 Å². The van der Waals surface area contributed by atoms with Crippen LogP contribution in [0.3, 0.4) is 0 Å². The Labute approximate surface area is 119 Å². The summed E-state index contributed by atoms with van der Waals surface area (Å²) in [5.74, 6) is 2.00. The van der Waals surface area contributed by atoms with Gasteiger partial charge in [-0.05, 0) is 49.9 Å². The van der Waals surface area contributed by atoms with Crippen LogP contribution in [0.2, 0.25) is 10.0 Å². The molecule has 1 aliphatic rings. The maximum absolute atomic E-state index is 6.08. The number of benzene rings is 1. The molecule has 1 fully saturated rings. The van der Waals surface area contributed by atoms with Gasteiger partial charge < -0.3 is 10.1 Å². The van der Waals surface area contributed by atoms with E-state index < -0.39 is 0 Å². The summed E-state index contributed by atoms with van der Waals surface area (Å²) in [6.45, 7) is 5.20. The van der Waals surface area contributed by atoms with Gasteiger partial charge in [-0.1, -0.05) is 36.2 Å². The summed E-state index contributed by atoms with van der Waals surface area (Å²) < 4.78 is 5.75. The Hall–Kier alpha value is -0.440. The lowest BCUT2D eigenvalue weighted by molar-refractivity contribution is 0.235. The highest BCUT2D eigenvalue weighted by Gasteiger charge is 2.18. The van der Waals surface area contributed by atoms with Gasteiger partial charge in [0.25, 0.3) is 0 Å². The van der Waals surface area contributed by atoms with E-state index in [9.17, 15) is 0 Å². The Morgan fingerprint density at radius 3 is 3.00 bits per heavy atom. The van der Waals surface area contributed by atoms with Crippen LogP contribution in [0.1, 0.15) is 19.8 Å². The largest absolute Gasteiger partial charge is 0.492 e. The lowest BCUT2D eigenvalue weighted by Gasteiger charge is -2.17. The van der Waals surface area contributed by atoms with Crippen LogP contribution >= 0.6 is 23.2 Å². The fourth-order valence-corrected chi connectivity index (χ4v) is 2.73. The standard InChI is InChI=1S/C14H19Cl2NO/c1-10(7-11-5-6-17-8-11)9-18-13-4-2-3-12(15)14(13)16/h2-4,10-11,17H,5-9H2,1H3. The van der Waals surface area contributed by atoms with Crippen molar-refractivity contribution in [3.05, 3.63) is 28.2 Å². The van der Waals surface area contributed by atoms with Gasteiger partial charge in [-0.2, -0.15) is 0 Å². The molecule has 1 aliphatic heterocycles. The third-order valence-electron chi connectivity index (χ3n) is 3.34. The van der Waals surface area contributed by atoms with E-state index in [1.54, 1.807) is 6.07 Å². The number of hydrogen-bond acceptors (Lipinski definition) is 2. The van der Waals surface area contributed by atoms with Crippen LogP contribution in [-0.2, 0) is 0 Å². The number of halogens is 2. The molecule has 0 spiro atoms. The molecule has 0 aliphatic carbocycles. The zero-order chi connectivity index (χ0) is 13.0. The van der Waals surface area contributed by atoms with Crippen LogP contribution in [0.15, 0.2) is 18.2 Å². The van der Waals surface area contributed by atoms with E-state index in [1.807, 2.05) is 12.1 Å². The first-order chi connectivity index (χ1) is 8.66. The van der Waals surface area contributed by atoms with Gasteiger partial charge in [0.2, 0.25) is 0 Å². The van der Waals surface area contributed by atoms with Gasteiger partial charge in [0.05, 0.1) is 11.6 Å². The molecule has 0 saturated carbocycles. The molecular weight excluding hydrogens is 269 g/mol. The molecule has 1 aromatic rings. The van der Waals surface area contributed by atoms with Gasteiger partial charge >= 0.3 is 0 Å². The summed E-state index contributed by atoms with van der Waals surface area (Å²) in [6, 6.07) is 5.48. The Morgan fingerprint density at radius 2 is 2.28 bits per heavy atom. The number of hydrogen-bond donors (Lipinski definition) is 1. The quantitative estimate of drug-likeness (QED) is 0.884. The summed E-state index contributed by atoms with van der Waals surface area (Å²) in [5.41, 5.74) is 0. The highest BCUT2D eigenvalue weighted by atomic mass is 35.5. The van der Waals surface area contributed by atoms with Crippen LogP contribution in [-0.4, -0.2) is 19.7 Å². The first-order valence-corrected chi connectivity index (χ1v) is 7.20. The summed E-state index contributed by atoms with van der Waals surface area (Å²) >= 11 is 12.0. The monoisotopic (exact) mass is 287 g/mol. The lowest BCUT2D eigenvalue weighted by Crippen LogP contribution is -2.16. The molecule has 0 aromatic heterocycles. The normalized spacial score (nSPS) is 20.9. The van der Waals surface area contributed by atoms with Crippen molar-refractivity contribution in [3.63, 3.8) is 0 Å². The van der Waals surface area contributed by atoms with E-state index >= 15 is 0 Å². The van der Waals surface area contributed by atoms with Gasteiger partial charge in [-0.25, -0.2) is 0 Å². The van der Waals surface area contributed by atoms with E-state index in [0.29, 0.717) is 28.3 Å². The minimum Gasteiger partial charge on any atom is -0.492 e. The van der Waals surface area contributed by atoms with Crippen LogP contribution in [0.4, 0.5) is 0 Å². The van der Waals surface area contributed by atoms with Crippen molar-refractivity contribution in [1.29, 1.82) is 0 Å². The summed E-state index contributed by atoms with van der Waals surface area (Å²) in [6.07, 6.45) is 2.48. The molecule has 1 N–H and O–H groups in total. The molecule has 4 heteroatoms. The van der Waals surface area contributed by atoms with E-state index in [1.165, 1.54) is 12.8 Å². The van der Waals surface area contributed by atoms with Crippen molar-refractivity contribution in [2.24, 2.45) is 11.8 Å². The molecule has 2 unspecified atom stereocenters. The number of ether oxygens (including phenoxy) is 1. The molecule has 0 amide bonds. The molecule has 100 valence electrons. The third-order valence-corrected chi connectivity index (χ3v) is 4.14. The minimum absolute atomic E-state index is 0.508. The zero-order valence-corrected chi connectivity index (χ0v) is 12.1. The van der Waals surface area contributed by atoms with Crippen LogP contribution in [0.5, 0.6) is 5.75 Å². The average molecular weight is 288 g/mol.